The first kappa shape index (κ1) is 28.1. The molecule has 1 aromatic heterocycles. The van der Waals surface area contributed by atoms with Gasteiger partial charge in [-0.05, 0) is 34.7 Å². The van der Waals surface area contributed by atoms with Crippen LogP contribution in [0.4, 0.5) is 13.2 Å². The van der Waals surface area contributed by atoms with Crippen LogP contribution in [0.2, 0.25) is 0 Å². The predicted molar refractivity (Wildman–Crippen MR) is 121 cm³/mol. The summed E-state index contributed by atoms with van der Waals surface area (Å²) < 4.78 is 47.2. The standard InChI is InChI=1S/C17H20F3N7O6S3/c1-6(36-16-23-25-26-24-16)8-4-34-14-11(22-9(28)5-35-17(18,19)20)13(30)27(14)12(8)15(31)33-7(2)32-10(29)3-21/h6-7,11,14H,3-5,21H2,1-2H3,(H,22,28)(H,23,24,25,26)/t6?,7?,11?,14-/m0/s1. The largest absolute Gasteiger partial charge is 0.442 e. The molecule has 0 saturated carbocycles. The quantitative estimate of drug-likeness (QED) is 0.148. The van der Waals surface area contributed by atoms with Crippen molar-refractivity contribution in [3.8, 4) is 0 Å². The lowest BCUT2D eigenvalue weighted by Gasteiger charge is -2.50. The Morgan fingerprint density at radius 3 is 2.67 bits per heavy atom. The summed E-state index contributed by atoms with van der Waals surface area (Å²) in [5.74, 6) is -4.16. The van der Waals surface area contributed by atoms with Gasteiger partial charge in [-0.25, -0.2) is 9.89 Å². The second kappa shape index (κ2) is 11.7. The molecule has 0 bridgehead atoms. The summed E-state index contributed by atoms with van der Waals surface area (Å²) in [6.07, 6.45) is -1.32. The van der Waals surface area contributed by atoms with Crippen molar-refractivity contribution in [2.75, 3.05) is 18.1 Å². The smallest absolute Gasteiger partial charge is 0.425 e. The van der Waals surface area contributed by atoms with Crippen molar-refractivity contribution in [3.05, 3.63) is 11.3 Å². The van der Waals surface area contributed by atoms with Crippen LogP contribution in [0.5, 0.6) is 0 Å². The number of aromatic amines is 1. The van der Waals surface area contributed by atoms with Gasteiger partial charge < -0.3 is 20.5 Å². The molecule has 0 spiro atoms. The monoisotopic (exact) mass is 571 g/mol. The van der Waals surface area contributed by atoms with Crippen LogP contribution in [0.1, 0.15) is 13.8 Å². The Morgan fingerprint density at radius 1 is 1.33 bits per heavy atom. The molecule has 4 atom stereocenters. The maximum Gasteiger partial charge on any atom is 0.442 e. The van der Waals surface area contributed by atoms with Gasteiger partial charge in [-0.1, -0.05) is 11.8 Å². The van der Waals surface area contributed by atoms with Gasteiger partial charge in [-0.15, -0.1) is 16.9 Å². The number of nitrogens with two attached hydrogens (primary N) is 1. The number of esters is 2. The van der Waals surface area contributed by atoms with E-state index in [2.05, 4.69) is 25.9 Å². The van der Waals surface area contributed by atoms with Gasteiger partial charge in [-0.2, -0.15) is 13.2 Å². The van der Waals surface area contributed by atoms with Crippen molar-refractivity contribution >= 4 is 59.0 Å². The summed E-state index contributed by atoms with van der Waals surface area (Å²) in [4.78, 5) is 50.5. The highest BCUT2D eigenvalue weighted by Gasteiger charge is 2.55. The molecule has 0 aromatic carbocycles. The van der Waals surface area contributed by atoms with Crippen LogP contribution in [-0.2, 0) is 28.7 Å². The van der Waals surface area contributed by atoms with Crippen LogP contribution in [0.15, 0.2) is 16.4 Å². The lowest BCUT2D eigenvalue weighted by atomic mass is 10.0. The highest BCUT2D eigenvalue weighted by Crippen LogP contribution is 2.44. The van der Waals surface area contributed by atoms with Crippen LogP contribution < -0.4 is 11.1 Å². The molecule has 1 fully saturated rings. The summed E-state index contributed by atoms with van der Waals surface area (Å²) in [6.45, 7) is 2.59. The summed E-state index contributed by atoms with van der Waals surface area (Å²) in [6, 6.07) is -1.13. The number of halogens is 3. The Labute approximate surface area is 214 Å². The van der Waals surface area contributed by atoms with Gasteiger partial charge in [0.2, 0.25) is 17.4 Å². The van der Waals surface area contributed by atoms with Gasteiger partial charge in [0, 0.05) is 17.9 Å². The van der Waals surface area contributed by atoms with Gasteiger partial charge in [-0.3, -0.25) is 19.3 Å². The highest BCUT2D eigenvalue weighted by atomic mass is 32.2. The molecule has 3 unspecified atom stereocenters. The SMILES string of the molecule is CC(OC(=O)CN)OC(=O)C1=C(C(C)Sc2nnn[nH]2)CS[C@H]2C(NC(=O)CSC(F)(F)F)C(=O)N12. The summed E-state index contributed by atoms with van der Waals surface area (Å²) in [5, 5.41) is 14.8. The topological polar surface area (TPSA) is 182 Å². The Kier molecular flexibility index (Phi) is 9.12. The molecule has 4 N–H and O–H groups in total. The number of tetrazole rings is 1. The number of fused-ring (bicyclic) bond motifs is 1. The fourth-order valence-corrected chi connectivity index (χ4v) is 6.01. The number of β-lactam (4-membered cyclic amide) rings is 1. The summed E-state index contributed by atoms with van der Waals surface area (Å²) in [5.41, 5.74) is 0.943. The molecular weight excluding hydrogens is 551 g/mol. The molecule has 36 heavy (non-hydrogen) atoms. The lowest BCUT2D eigenvalue weighted by molar-refractivity contribution is -0.183. The van der Waals surface area contributed by atoms with Crippen molar-refractivity contribution in [1.82, 2.24) is 30.8 Å². The minimum atomic E-state index is -4.60. The van der Waals surface area contributed by atoms with E-state index >= 15 is 0 Å². The number of carbonyl (C=O) groups excluding carboxylic acids is 4. The molecule has 2 aliphatic heterocycles. The number of ether oxygens (including phenoxy) is 2. The normalized spacial score (nSPS) is 21.3. The first-order chi connectivity index (χ1) is 16.9. The number of nitrogens with one attached hydrogen (secondary N) is 2. The minimum Gasteiger partial charge on any atom is -0.425 e. The van der Waals surface area contributed by atoms with Crippen LogP contribution in [0.3, 0.4) is 0 Å². The number of amides is 2. The van der Waals surface area contributed by atoms with Crippen LogP contribution in [0.25, 0.3) is 0 Å². The zero-order valence-corrected chi connectivity index (χ0v) is 21.1. The number of rotatable bonds is 10. The Balaban J connectivity index is 1.80. The van der Waals surface area contributed by atoms with Gasteiger partial charge in [0.25, 0.3) is 5.91 Å². The van der Waals surface area contributed by atoms with E-state index in [4.69, 9.17) is 15.2 Å². The maximum atomic E-state index is 13.1. The van der Waals surface area contributed by atoms with Crippen molar-refractivity contribution in [2.24, 2.45) is 5.73 Å². The molecule has 19 heteroatoms. The number of nitrogens with zero attached hydrogens (tertiary/aromatic N) is 4. The van der Waals surface area contributed by atoms with Gasteiger partial charge in [0.05, 0.1) is 12.3 Å². The van der Waals surface area contributed by atoms with Crippen molar-refractivity contribution in [2.45, 2.75) is 47.5 Å². The number of H-pyrrole nitrogens is 1. The zero-order chi connectivity index (χ0) is 26.6. The number of alkyl halides is 3. The highest BCUT2D eigenvalue weighted by molar-refractivity contribution is 8.01. The van der Waals surface area contributed by atoms with E-state index in [-0.39, 0.29) is 11.4 Å². The van der Waals surface area contributed by atoms with Gasteiger partial charge in [0.15, 0.2) is 0 Å². The molecule has 2 aliphatic rings. The van der Waals surface area contributed by atoms with E-state index in [0.29, 0.717) is 10.7 Å². The average molecular weight is 572 g/mol. The number of carbonyl (C=O) groups is 4. The number of hydrogen-bond donors (Lipinski definition) is 3. The Morgan fingerprint density at radius 2 is 2.06 bits per heavy atom. The van der Waals surface area contributed by atoms with E-state index in [1.807, 2.05) is 0 Å². The average Bonchev–Trinajstić information content (AvgIpc) is 3.32. The van der Waals surface area contributed by atoms with Gasteiger partial charge >= 0.3 is 17.4 Å². The van der Waals surface area contributed by atoms with Crippen LogP contribution in [0, 0.1) is 0 Å². The molecule has 0 aliphatic carbocycles. The first-order valence-corrected chi connectivity index (χ1v) is 13.0. The fraction of sp³-hybridized carbons (Fsp3) is 0.588. The van der Waals surface area contributed by atoms with E-state index in [1.165, 1.54) is 30.4 Å². The third-order valence-electron chi connectivity index (χ3n) is 4.72. The molecule has 1 saturated heterocycles. The summed E-state index contributed by atoms with van der Waals surface area (Å²) in [7, 11) is 0. The zero-order valence-electron chi connectivity index (χ0n) is 18.6. The third kappa shape index (κ3) is 6.83. The minimum absolute atomic E-state index is 0.123. The second-order valence-corrected chi connectivity index (χ2v) is 10.7. The first-order valence-electron chi connectivity index (χ1n) is 10.1. The molecule has 0 radical (unpaired) electrons. The predicted octanol–water partition coefficient (Wildman–Crippen LogP) is -0.0216. The van der Waals surface area contributed by atoms with Crippen LogP contribution >= 0.6 is 35.3 Å². The molecule has 3 rings (SSSR count). The molecule has 13 nitrogen and oxygen atoms in total. The number of hydrogen-bond acceptors (Lipinski definition) is 13. The van der Waals surface area contributed by atoms with Crippen molar-refractivity contribution < 1.29 is 41.8 Å². The molecular formula is C17H20F3N7O6S3. The second-order valence-electron chi connectivity index (χ2n) is 7.20. The molecule has 198 valence electrons. The lowest BCUT2D eigenvalue weighted by Crippen LogP contribution is -2.71. The van der Waals surface area contributed by atoms with E-state index in [0.717, 1.165) is 4.90 Å². The Bertz CT molecular complexity index is 1040. The van der Waals surface area contributed by atoms with Crippen molar-refractivity contribution in [3.63, 3.8) is 0 Å². The van der Waals surface area contributed by atoms with Crippen molar-refractivity contribution in [1.29, 1.82) is 0 Å². The van der Waals surface area contributed by atoms with Gasteiger partial charge in [0.1, 0.15) is 17.1 Å². The fourth-order valence-electron chi connectivity index (χ4n) is 3.21. The Hall–Kier alpha value is -2.51. The van der Waals surface area contributed by atoms with E-state index in [9.17, 15) is 32.3 Å². The molecule has 1 aromatic rings. The van der Waals surface area contributed by atoms with E-state index in [1.54, 1.807) is 6.92 Å². The summed E-state index contributed by atoms with van der Waals surface area (Å²) >= 11 is 1.86. The molecule has 3 heterocycles. The van der Waals surface area contributed by atoms with Crippen LogP contribution in [-0.4, -0.2) is 95.8 Å². The molecule has 2 amide bonds. The van der Waals surface area contributed by atoms with E-state index < -0.39 is 76.3 Å². The third-order valence-corrected chi connectivity index (χ3v) is 7.79. The number of aromatic nitrogens is 4. The number of thioether (sulfide) groups is 3. The maximum absolute atomic E-state index is 13.1.